The van der Waals surface area contributed by atoms with Gasteiger partial charge in [-0.15, -0.1) is 5.10 Å². The maximum absolute atomic E-state index is 4.32. The van der Waals surface area contributed by atoms with Gasteiger partial charge in [0.2, 0.25) is 0 Å². The third-order valence-electron chi connectivity index (χ3n) is 3.14. The molecule has 0 saturated carbocycles. The molecular weight excluding hydrogens is 338 g/mol. The van der Waals surface area contributed by atoms with Crippen molar-refractivity contribution < 1.29 is 0 Å². The van der Waals surface area contributed by atoms with Crippen LogP contribution in [-0.4, -0.2) is 25.9 Å². The summed E-state index contributed by atoms with van der Waals surface area (Å²) in [5, 5.41) is 12.2. The molecule has 7 heteroatoms. The van der Waals surface area contributed by atoms with Crippen LogP contribution in [0, 0.1) is 0 Å². The lowest BCUT2D eigenvalue weighted by atomic mass is 10.1. The smallest absolute Gasteiger partial charge is 0.0888 e. The van der Waals surface area contributed by atoms with Gasteiger partial charge in [0.25, 0.3) is 0 Å². The predicted octanol–water partition coefficient (Wildman–Crippen LogP) is 3.08. The van der Waals surface area contributed by atoms with Crippen LogP contribution in [0.2, 0.25) is 0 Å². The van der Waals surface area contributed by atoms with Gasteiger partial charge < -0.3 is 5.32 Å². The maximum Gasteiger partial charge on any atom is 0.0888 e. The Balaban J connectivity index is 2.39. The van der Waals surface area contributed by atoms with Gasteiger partial charge in [-0.05, 0) is 46.8 Å². The first-order valence-corrected chi connectivity index (χ1v) is 8.47. The minimum Gasteiger partial charge on any atom is -0.304 e. The van der Waals surface area contributed by atoms with Gasteiger partial charge in [0.1, 0.15) is 0 Å². The zero-order valence-electron chi connectivity index (χ0n) is 12.1. The molecule has 2 rings (SSSR count). The lowest BCUT2D eigenvalue weighted by Crippen LogP contribution is -2.25. The molecule has 1 unspecified atom stereocenters. The summed E-state index contributed by atoms with van der Waals surface area (Å²) in [6.07, 6.45) is 4.96. The molecule has 2 aromatic heterocycles. The van der Waals surface area contributed by atoms with E-state index in [2.05, 4.69) is 49.8 Å². The van der Waals surface area contributed by atoms with E-state index in [1.54, 1.807) is 0 Å². The number of aryl methyl sites for hydroxylation is 2. The molecule has 1 atom stereocenters. The number of nitrogens with one attached hydrogen (secondary N) is 1. The van der Waals surface area contributed by atoms with Gasteiger partial charge in [-0.25, -0.2) is 0 Å². The molecule has 2 aromatic rings. The van der Waals surface area contributed by atoms with Crippen molar-refractivity contribution in [2.45, 2.75) is 39.2 Å². The van der Waals surface area contributed by atoms with Crippen LogP contribution in [0.5, 0.6) is 0 Å². The highest BCUT2D eigenvalue weighted by Gasteiger charge is 2.25. The monoisotopic (exact) mass is 357 g/mol. The fourth-order valence-corrected chi connectivity index (χ4v) is 3.55. The minimum absolute atomic E-state index is 0.0957. The molecule has 0 saturated heterocycles. The standard InChI is InChI=1S/C13H20BrN5S/c1-4-6-10-13(20-18-17-10)11(15-7-5-2)12-9(14)8-16-19(12)3/h8,11,15H,4-7H2,1-3H3. The number of hydrogen-bond donors (Lipinski definition) is 1. The molecule has 0 bridgehead atoms. The van der Waals surface area contributed by atoms with Crippen LogP contribution >= 0.6 is 27.5 Å². The first-order valence-electron chi connectivity index (χ1n) is 6.90. The molecule has 2 heterocycles. The van der Waals surface area contributed by atoms with E-state index in [1.807, 2.05) is 17.9 Å². The molecule has 0 aliphatic rings. The van der Waals surface area contributed by atoms with E-state index in [4.69, 9.17) is 0 Å². The summed E-state index contributed by atoms with van der Waals surface area (Å²) >= 11 is 5.08. The second kappa shape index (κ2) is 7.28. The third kappa shape index (κ3) is 3.27. The average molecular weight is 358 g/mol. The molecule has 0 radical (unpaired) electrons. The van der Waals surface area contributed by atoms with Crippen LogP contribution in [0.25, 0.3) is 0 Å². The molecule has 1 N–H and O–H groups in total. The second-order valence-electron chi connectivity index (χ2n) is 4.72. The Kier molecular flexibility index (Phi) is 5.68. The first kappa shape index (κ1) is 15.6. The lowest BCUT2D eigenvalue weighted by Gasteiger charge is -2.18. The first-order chi connectivity index (χ1) is 9.69. The van der Waals surface area contributed by atoms with Gasteiger partial charge in [0, 0.05) is 7.05 Å². The molecule has 0 spiro atoms. The van der Waals surface area contributed by atoms with Gasteiger partial charge in [0.15, 0.2) is 0 Å². The van der Waals surface area contributed by atoms with Crippen molar-refractivity contribution in [1.29, 1.82) is 0 Å². The summed E-state index contributed by atoms with van der Waals surface area (Å²) in [6, 6.07) is 0.0957. The Morgan fingerprint density at radius 3 is 2.80 bits per heavy atom. The van der Waals surface area contributed by atoms with Crippen LogP contribution < -0.4 is 5.32 Å². The SMILES string of the molecule is CCCNC(c1snnc1CCC)c1c(Br)cnn1C. The summed E-state index contributed by atoms with van der Waals surface area (Å²) in [5.41, 5.74) is 2.22. The Labute approximate surface area is 132 Å². The number of hydrogen-bond acceptors (Lipinski definition) is 5. The van der Waals surface area contributed by atoms with E-state index in [1.165, 1.54) is 16.4 Å². The van der Waals surface area contributed by atoms with Crippen molar-refractivity contribution in [2.24, 2.45) is 7.05 Å². The molecule has 0 aromatic carbocycles. The fourth-order valence-electron chi connectivity index (χ4n) is 2.19. The molecular formula is C13H20BrN5S. The van der Waals surface area contributed by atoms with Crippen LogP contribution in [0.4, 0.5) is 0 Å². The van der Waals surface area contributed by atoms with Crippen molar-refractivity contribution in [1.82, 2.24) is 24.7 Å². The van der Waals surface area contributed by atoms with Gasteiger partial charge in [-0.1, -0.05) is 24.8 Å². The van der Waals surface area contributed by atoms with E-state index in [0.717, 1.165) is 41.7 Å². The van der Waals surface area contributed by atoms with Crippen LogP contribution in [0.15, 0.2) is 10.7 Å². The van der Waals surface area contributed by atoms with Crippen LogP contribution in [-0.2, 0) is 13.5 Å². The summed E-state index contributed by atoms with van der Waals surface area (Å²) in [7, 11) is 1.97. The van der Waals surface area contributed by atoms with Crippen molar-refractivity contribution in [3.8, 4) is 0 Å². The van der Waals surface area contributed by atoms with Crippen LogP contribution in [0.1, 0.15) is 49.0 Å². The van der Waals surface area contributed by atoms with E-state index in [0.29, 0.717) is 0 Å². The largest absolute Gasteiger partial charge is 0.304 e. The average Bonchev–Trinajstić information content (AvgIpc) is 3.01. The zero-order chi connectivity index (χ0) is 14.5. The zero-order valence-corrected chi connectivity index (χ0v) is 14.5. The Hall–Kier alpha value is -0.790. The molecule has 0 aliphatic carbocycles. The fraction of sp³-hybridized carbons (Fsp3) is 0.615. The highest BCUT2D eigenvalue weighted by molar-refractivity contribution is 9.10. The van der Waals surface area contributed by atoms with Gasteiger partial charge in [-0.3, -0.25) is 4.68 Å². The van der Waals surface area contributed by atoms with Crippen molar-refractivity contribution in [3.63, 3.8) is 0 Å². The molecule has 0 aliphatic heterocycles. The Morgan fingerprint density at radius 2 is 2.20 bits per heavy atom. The highest BCUT2D eigenvalue weighted by Crippen LogP contribution is 2.31. The maximum atomic E-state index is 4.32. The van der Waals surface area contributed by atoms with E-state index >= 15 is 0 Å². The summed E-state index contributed by atoms with van der Waals surface area (Å²) in [6.45, 7) is 5.28. The second-order valence-corrected chi connectivity index (χ2v) is 6.36. The van der Waals surface area contributed by atoms with Gasteiger partial charge in [-0.2, -0.15) is 5.10 Å². The number of aromatic nitrogens is 4. The summed E-state index contributed by atoms with van der Waals surface area (Å²) < 4.78 is 7.07. The molecule has 110 valence electrons. The van der Waals surface area contributed by atoms with E-state index in [-0.39, 0.29) is 6.04 Å². The van der Waals surface area contributed by atoms with Gasteiger partial charge >= 0.3 is 0 Å². The van der Waals surface area contributed by atoms with Crippen LogP contribution in [0.3, 0.4) is 0 Å². The number of halogens is 1. The molecule has 0 fully saturated rings. The third-order valence-corrected chi connectivity index (χ3v) is 4.59. The Bertz CT molecular complexity index is 531. The quantitative estimate of drug-likeness (QED) is 0.827. The normalized spacial score (nSPS) is 12.8. The predicted molar refractivity (Wildman–Crippen MR) is 84.9 cm³/mol. The van der Waals surface area contributed by atoms with Crippen molar-refractivity contribution in [3.05, 3.63) is 26.9 Å². The molecule has 0 amide bonds. The Morgan fingerprint density at radius 1 is 1.40 bits per heavy atom. The molecule has 5 nitrogen and oxygen atoms in total. The number of rotatable bonds is 7. The topological polar surface area (TPSA) is 55.6 Å². The molecule has 20 heavy (non-hydrogen) atoms. The lowest BCUT2D eigenvalue weighted by molar-refractivity contribution is 0.553. The van der Waals surface area contributed by atoms with Crippen molar-refractivity contribution in [2.75, 3.05) is 6.54 Å². The minimum atomic E-state index is 0.0957. The van der Waals surface area contributed by atoms with Gasteiger partial charge in [0.05, 0.1) is 33.0 Å². The van der Waals surface area contributed by atoms with E-state index < -0.39 is 0 Å². The summed E-state index contributed by atoms with van der Waals surface area (Å²) in [5.74, 6) is 0. The number of nitrogens with zero attached hydrogens (tertiary/aromatic N) is 4. The van der Waals surface area contributed by atoms with E-state index in [9.17, 15) is 0 Å². The summed E-state index contributed by atoms with van der Waals surface area (Å²) in [4.78, 5) is 1.20. The van der Waals surface area contributed by atoms with Crippen molar-refractivity contribution >= 4 is 27.5 Å². The highest BCUT2D eigenvalue weighted by atomic mass is 79.9.